The number of nitrogens with zero attached hydrogens (tertiary/aromatic N) is 4. The Labute approximate surface area is 180 Å². The van der Waals surface area contributed by atoms with E-state index in [2.05, 4.69) is 26.9 Å². The van der Waals surface area contributed by atoms with Gasteiger partial charge in [-0.1, -0.05) is 30.3 Å². The normalized spacial score (nSPS) is 14.1. The maximum Gasteiger partial charge on any atom is 0.165 e. The number of piperazine rings is 1. The summed E-state index contributed by atoms with van der Waals surface area (Å²) >= 11 is 0. The molecule has 0 radical (unpaired) electrons. The summed E-state index contributed by atoms with van der Waals surface area (Å²) in [4.78, 5) is 14.1. The molecule has 0 bridgehead atoms. The first-order chi connectivity index (χ1) is 15.2. The molecular formula is C25H23FN4O. The summed E-state index contributed by atoms with van der Waals surface area (Å²) in [5, 5.41) is 0.984. The molecule has 4 aromatic rings. The fraction of sp³-hybridized carbons (Fsp3) is 0.200. The van der Waals surface area contributed by atoms with E-state index < -0.39 is 0 Å². The average molecular weight is 414 g/mol. The van der Waals surface area contributed by atoms with Crippen LogP contribution in [0.4, 0.5) is 15.9 Å². The van der Waals surface area contributed by atoms with Crippen molar-refractivity contribution in [1.82, 2.24) is 9.97 Å². The van der Waals surface area contributed by atoms with Crippen molar-refractivity contribution < 1.29 is 9.13 Å². The number of halogens is 1. The highest BCUT2D eigenvalue weighted by atomic mass is 19.1. The second-order valence-electron chi connectivity index (χ2n) is 7.54. The number of methoxy groups -OCH3 is 1. The number of fused-ring (bicyclic) bond motifs is 1. The molecule has 5 nitrogen and oxygen atoms in total. The minimum Gasteiger partial charge on any atom is -0.497 e. The SMILES string of the molecule is COc1cccc(N2CCN(c3nc(-c4ccccc4F)nc4ccccc34)CC2)c1. The molecule has 1 aliphatic rings. The standard InChI is InChI=1S/C25H23FN4O/c1-31-19-8-6-7-18(17-19)29-13-15-30(16-14-29)25-21-10-3-5-12-23(21)27-24(28-25)20-9-2-4-11-22(20)26/h2-12,17H,13-16H2,1H3. The van der Waals surface area contributed by atoms with E-state index in [0.29, 0.717) is 11.4 Å². The number of benzene rings is 3. The van der Waals surface area contributed by atoms with Crippen molar-refractivity contribution in [3.8, 4) is 17.1 Å². The van der Waals surface area contributed by atoms with E-state index in [1.165, 1.54) is 6.07 Å². The van der Waals surface area contributed by atoms with Crippen LogP contribution >= 0.6 is 0 Å². The molecule has 5 rings (SSSR count). The van der Waals surface area contributed by atoms with E-state index in [4.69, 9.17) is 9.72 Å². The topological polar surface area (TPSA) is 41.5 Å². The Bertz CT molecular complexity index is 1220. The summed E-state index contributed by atoms with van der Waals surface area (Å²) in [5.74, 6) is 1.82. The molecule has 1 fully saturated rings. The maximum atomic E-state index is 14.4. The molecule has 6 heteroatoms. The zero-order valence-corrected chi connectivity index (χ0v) is 17.3. The summed E-state index contributed by atoms with van der Waals surface area (Å²) < 4.78 is 19.8. The van der Waals surface area contributed by atoms with Crippen LogP contribution in [0.3, 0.4) is 0 Å². The van der Waals surface area contributed by atoms with Crippen LogP contribution in [0.5, 0.6) is 5.75 Å². The van der Waals surface area contributed by atoms with Gasteiger partial charge in [0, 0.05) is 43.3 Å². The molecule has 0 atom stereocenters. The fourth-order valence-electron chi connectivity index (χ4n) is 4.05. The lowest BCUT2D eigenvalue weighted by molar-refractivity contribution is 0.414. The molecule has 1 saturated heterocycles. The van der Waals surface area contributed by atoms with E-state index in [1.807, 2.05) is 42.5 Å². The molecule has 0 aliphatic carbocycles. The maximum absolute atomic E-state index is 14.4. The predicted molar refractivity (Wildman–Crippen MR) is 122 cm³/mol. The summed E-state index contributed by atoms with van der Waals surface area (Å²) in [6, 6.07) is 22.7. The molecule has 1 aliphatic heterocycles. The van der Waals surface area contributed by atoms with Gasteiger partial charge >= 0.3 is 0 Å². The van der Waals surface area contributed by atoms with E-state index in [-0.39, 0.29) is 5.82 Å². The van der Waals surface area contributed by atoms with Gasteiger partial charge in [-0.15, -0.1) is 0 Å². The van der Waals surface area contributed by atoms with Crippen molar-refractivity contribution in [2.24, 2.45) is 0 Å². The molecule has 31 heavy (non-hydrogen) atoms. The van der Waals surface area contributed by atoms with Gasteiger partial charge in [0.2, 0.25) is 0 Å². The Kier molecular flexibility index (Phi) is 5.12. The van der Waals surface area contributed by atoms with Gasteiger partial charge in [-0.2, -0.15) is 0 Å². The van der Waals surface area contributed by atoms with Crippen LogP contribution in [0.15, 0.2) is 72.8 Å². The van der Waals surface area contributed by atoms with Crippen molar-refractivity contribution in [2.75, 3.05) is 43.1 Å². The highest BCUT2D eigenvalue weighted by Gasteiger charge is 2.22. The van der Waals surface area contributed by atoms with Gasteiger partial charge in [0.15, 0.2) is 5.82 Å². The first kappa shape index (κ1) is 19.3. The van der Waals surface area contributed by atoms with E-state index >= 15 is 0 Å². The summed E-state index contributed by atoms with van der Waals surface area (Å²) in [6.45, 7) is 3.35. The summed E-state index contributed by atoms with van der Waals surface area (Å²) in [5.41, 5.74) is 2.39. The van der Waals surface area contributed by atoms with Gasteiger partial charge in [0.25, 0.3) is 0 Å². The minimum atomic E-state index is -0.313. The predicted octanol–water partition coefficient (Wildman–Crippen LogP) is 4.77. The first-order valence-electron chi connectivity index (χ1n) is 10.4. The Hall–Kier alpha value is -3.67. The van der Waals surface area contributed by atoms with Gasteiger partial charge in [0.1, 0.15) is 17.4 Å². The number of anilines is 2. The third kappa shape index (κ3) is 3.77. The molecule has 0 saturated carbocycles. The van der Waals surface area contributed by atoms with Gasteiger partial charge in [-0.3, -0.25) is 0 Å². The Morgan fingerprint density at radius 2 is 1.55 bits per heavy atom. The van der Waals surface area contributed by atoms with Gasteiger partial charge in [-0.05, 0) is 36.4 Å². The lowest BCUT2D eigenvalue weighted by Crippen LogP contribution is -2.47. The Balaban J connectivity index is 1.47. The van der Waals surface area contributed by atoms with Crippen LogP contribution in [0.2, 0.25) is 0 Å². The average Bonchev–Trinajstić information content (AvgIpc) is 2.84. The molecule has 0 N–H and O–H groups in total. The number of aromatic nitrogens is 2. The van der Waals surface area contributed by atoms with Crippen molar-refractivity contribution in [3.05, 3.63) is 78.6 Å². The first-order valence-corrected chi connectivity index (χ1v) is 10.4. The lowest BCUT2D eigenvalue weighted by atomic mass is 10.1. The third-order valence-electron chi connectivity index (χ3n) is 5.70. The van der Waals surface area contributed by atoms with E-state index in [0.717, 1.165) is 54.3 Å². The molecule has 2 heterocycles. The largest absolute Gasteiger partial charge is 0.497 e. The van der Waals surface area contributed by atoms with Gasteiger partial charge < -0.3 is 14.5 Å². The number of ether oxygens (including phenoxy) is 1. The molecule has 0 spiro atoms. The monoisotopic (exact) mass is 414 g/mol. The van der Waals surface area contributed by atoms with E-state index in [9.17, 15) is 4.39 Å². The zero-order valence-electron chi connectivity index (χ0n) is 17.3. The van der Waals surface area contributed by atoms with Gasteiger partial charge in [0.05, 0.1) is 18.2 Å². The minimum absolute atomic E-state index is 0.313. The van der Waals surface area contributed by atoms with Gasteiger partial charge in [-0.25, -0.2) is 14.4 Å². The quantitative estimate of drug-likeness (QED) is 0.481. The summed E-state index contributed by atoms with van der Waals surface area (Å²) in [6.07, 6.45) is 0. The smallest absolute Gasteiger partial charge is 0.165 e. The van der Waals surface area contributed by atoms with Crippen molar-refractivity contribution in [1.29, 1.82) is 0 Å². The number of hydrogen-bond donors (Lipinski definition) is 0. The molecule has 1 aromatic heterocycles. The molecule has 3 aromatic carbocycles. The highest BCUT2D eigenvalue weighted by molar-refractivity contribution is 5.91. The molecular weight excluding hydrogens is 391 g/mol. The number of hydrogen-bond acceptors (Lipinski definition) is 5. The van der Waals surface area contributed by atoms with Crippen molar-refractivity contribution in [2.45, 2.75) is 0 Å². The second kappa shape index (κ2) is 8.22. The zero-order chi connectivity index (χ0) is 21.2. The summed E-state index contributed by atoms with van der Waals surface area (Å²) in [7, 11) is 1.68. The van der Waals surface area contributed by atoms with Crippen LogP contribution in [0.1, 0.15) is 0 Å². The fourth-order valence-corrected chi connectivity index (χ4v) is 4.05. The second-order valence-corrected chi connectivity index (χ2v) is 7.54. The third-order valence-corrected chi connectivity index (χ3v) is 5.70. The van der Waals surface area contributed by atoms with Crippen LogP contribution in [-0.2, 0) is 0 Å². The van der Waals surface area contributed by atoms with Crippen LogP contribution in [-0.4, -0.2) is 43.3 Å². The highest BCUT2D eigenvalue weighted by Crippen LogP contribution is 2.30. The molecule has 0 unspecified atom stereocenters. The molecule has 156 valence electrons. The Morgan fingerprint density at radius 1 is 0.806 bits per heavy atom. The molecule has 0 amide bonds. The van der Waals surface area contributed by atoms with Crippen LogP contribution < -0.4 is 14.5 Å². The van der Waals surface area contributed by atoms with Crippen LogP contribution in [0, 0.1) is 5.82 Å². The van der Waals surface area contributed by atoms with Crippen molar-refractivity contribution >= 4 is 22.4 Å². The van der Waals surface area contributed by atoms with Crippen LogP contribution in [0.25, 0.3) is 22.3 Å². The number of rotatable bonds is 4. The lowest BCUT2D eigenvalue weighted by Gasteiger charge is -2.37. The van der Waals surface area contributed by atoms with E-state index in [1.54, 1.807) is 19.2 Å². The van der Waals surface area contributed by atoms with Crippen molar-refractivity contribution in [3.63, 3.8) is 0 Å². The Morgan fingerprint density at radius 3 is 2.35 bits per heavy atom. The number of para-hydroxylation sites is 1.